The largest absolute Gasteiger partial charge is 0.309 e. The normalized spacial score (nSPS) is 13.5. The van der Waals surface area contributed by atoms with Crippen LogP contribution in [0.1, 0.15) is 25.0 Å². The van der Waals surface area contributed by atoms with Crippen LogP contribution in [0, 0.1) is 0 Å². The number of hydrogen-bond donors (Lipinski definition) is 0. The fourth-order valence-corrected chi connectivity index (χ4v) is 8.91. The predicted molar refractivity (Wildman–Crippen MR) is 198 cm³/mol. The third-order valence-electron chi connectivity index (χ3n) is 9.97. The van der Waals surface area contributed by atoms with Gasteiger partial charge < -0.3 is 4.57 Å². The number of para-hydroxylation sites is 2. The van der Waals surface area contributed by atoms with Crippen LogP contribution in [0.15, 0.2) is 140 Å². The second-order valence-electron chi connectivity index (χ2n) is 13.0. The molecule has 0 N–H and O–H groups in total. The second kappa shape index (κ2) is 9.71. The first-order chi connectivity index (χ1) is 23.1. The van der Waals surface area contributed by atoms with Gasteiger partial charge in [0.05, 0.1) is 22.4 Å². The summed E-state index contributed by atoms with van der Waals surface area (Å²) in [6.07, 6.45) is 0. The van der Waals surface area contributed by atoms with Crippen molar-refractivity contribution in [2.24, 2.45) is 0 Å². The van der Waals surface area contributed by atoms with E-state index >= 15 is 0 Å². The molecule has 3 heterocycles. The van der Waals surface area contributed by atoms with Gasteiger partial charge in [-0.25, -0.2) is 9.97 Å². The van der Waals surface area contributed by atoms with E-state index in [0.717, 1.165) is 34.0 Å². The van der Waals surface area contributed by atoms with Gasteiger partial charge in [0.25, 0.3) is 0 Å². The zero-order chi connectivity index (χ0) is 31.3. The zero-order valence-corrected chi connectivity index (χ0v) is 26.8. The van der Waals surface area contributed by atoms with E-state index in [2.05, 4.69) is 158 Å². The van der Waals surface area contributed by atoms with Gasteiger partial charge in [-0.3, -0.25) is 0 Å². The zero-order valence-electron chi connectivity index (χ0n) is 26.0. The van der Waals surface area contributed by atoms with Crippen molar-refractivity contribution in [3.05, 3.63) is 151 Å². The molecule has 4 heteroatoms. The summed E-state index contributed by atoms with van der Waals surface area (Å²) in [5.74, 6) is 0.740. The number of thiophene rings is 1. The highest BCUT2D eigenvalue weighted by Crippen LogP contribution is 2.53. The van der Waals surface area contributed by atoms with Crippen molar-refractivity contribution in [1.29, 1.82) is 0 Å². The molecule has 0 spiro atoms. The van der Waals surface area contributed by atoms with Crippen molar-refractivity contribution < 1.29 is 0 Å². The second-order valence-corrected chi connectivity index (χ2v) is 14.1. The highest BCUT2D eigenvalue weighted by Gasteiger charge is 2.40. The molecule has 0 amide bonds. The Morgan fingerprint density at radius 3 is 1.94 bits per heavy atom. The van der Waals surface area contributed by atoms with E-state index in [1.54, 1.807) is 0 Å². The van der Waals surface area contributed by atoms with Gasteiger partial charge in [0.1, 0.15) is 0 Å². The van der Waals surface area contributed by atoms with Crippen LogP contribution in [0.4, 0.5) is 0 Å². The van der Waals surface area contributed by atoms with E-state index in [1.807, 2.05) is 11.3 Å². The van der Waals surface area contributed by atoms with Crippen molar-refractivity contribution in [1.82, 2.24) is 14.5 Å². The van der Waals surface area contributed by atoms with Gasteiger partial charge in [0.2, 0.25) is 0 Å². The molecule has 0 aliphatic heterocycles. The third-order valence-corrected chi connectivity index (χ3v) is 11.1. The van der Waals surface area contributed by atoms with Gasteiger partial charge in [0.15, 0.2) is 5.82 Å². The summed E-state index contributed by atoms with van der Waals surface area (Å²) >= 11 is 1.87. The number of hydrogen-bond acceptors (Lipinski definition) is 3. The summed E-state index contributed by atoms with van der Waals surface area (Å²) < 4.78 is 5.00. The van der Waals surface area contributed by atoms with Crippen molar-refractivity contribution in [2.45, 2.75) is 19.3 Å². The molecule has 222 valence electrons. The minimum Gasteiger partial charge on any atom is -0.309 e. The lowest BCUT2D eigenvalue weighted by molar-refractivity contribution is 0.658. The highest BCUT2D eigenvalue weighted by atomic mass is 32.1. The molecule has 3 nitrogen and oxygen atoms in total. The van der Waals surface area contributed by atoms with Gasteiger partial charge >= 0.3 is 0 Å². The Bertz CT molecular complexity index is 2660. The molecule has 0 radical (unpaired) electrons. The van der Waals surface area contributed by atoms with Gasteiger partial charge in [-0.1, -0.05) is 111 Å². The van der Waals surface area contributed by atoms with Crippen molar-refractivity contribution >= 4 is 53.3 Å². The Kier molecular flexibility index (Phi) is 5.50. The quantitative estimate of drug-likeness (QED) is 0.197. The first-order valence-electron chi connectivity index (χ1n) is 16.1. The SMILES string of the molecule is CC1(C)c2cc3sc4ccccc4c3cc2-c2nc(-c3cccc(-n4c5ccccc5c5ccccc54)c3)nc(-c3ccccc3)c21. The molecule has 10 rings (SSSR count). The Hall–Kier alpha value is -5.58. The monoisotopic (exact) mass is 619 g/mol. The molecule has 1 aliphatic rings. The Balaban J connectivity index is 1.24. The summed E-state index contributed by atoms with van der Waals surface area (Å²) in [5.41, 5.74) is 11.1. The van der Waals surface area contributed by atoms with Crippen LogP contribution in [-0.2, 0) is 5.41 Å². The summed E-state index contributed by atoms with van der Waals surface area (Å²) in [6, 6.07) is 50.1. The third kappa shape index (κ3) is 3.79. The van der Waals surface area contributed by atoms with E-state index in [0.29, 0.717) is 0 Å². The van der Waals surface area contributed by atoms with Crippen LogP contribution in [0.2, 0.25) is 0 Å². The number of benzene rings is 6. The van der Waals surface area contributed by atoms with E-state index < -0.39 is 0 Å². The van der Waals surface area contributed by atoms with Crippen LogP contribution >= 0.6 is 11.3 Å². The van der Waals surface area contributed by atoms with E-state index in [-0.39, 0.29) is 5.41 Å². The van der Waals surface area contributed by atoms with Gasteiger partial charge in [-0.05, 0) is 48.0 Å². The van der Waals surface area contributed by atoms with Crippen molar-refractivity contribution in [2.75, 3.05) is 0 Å². The lowest BCUT2D eigenvalue weighted by Gasteiger charge is -2.24. The minimum atomic E-state index is -0.260. The predicted octanol–water partition coefficient (Wildman–Crippen LogP) is 11.6. The molecule has 6 aromatic carbocycles. The topological polar surface area (TPSA) is 30.7 Å². The lowest BCUT2D eigenvalue weighted by atomic mass is 9.80. The number of fused-ring (bicyclic) bond motifs is 9. The van der Waals surface area contributed by atoms with Gasteiger partial charge in [-0.15, -0.1) is 11.3 Å². The molecular weight excluding hydrogens is 591 g/mol. The maximum absolute atomic E-state index is 5.45. The summed E-state index contributed by atoms with van der Waals surface area (Å²) in [6.45, 7) is 4.66. The standard InChI is InChI=1S/C43H29N3S/c1-43(2)34-25-38-32(31-19-8-11-22-37(31)47-38)24-33(34)41-39(43)40(26-13-4-3-5-14-26)44-42(45-41)27-15-12-16-28(23-27)46-35-20-9-6-17-29(35)30-18-7-10-21-36(30)46/h3-25H,1-2H3. The van der Waals surface area contributed by atoms with E-state index in [1.165, 1.54) is 58.7 Å². The summed E-state index contributed by atoms with van der Waals surface area (Å²) in [5, 5.41) is 5.10. The number of rotatable bonds is 3. The van der Waals surface area contributed by atoms with E-state index in [4.69, 9.17) is 9.97 Å². The maximum atomic E-state index is 5.45. The van der Waals surface area contributed by atoms with Crippen LogP contribution in [0.5, 0.6) is 0 Å². The first kappa shape index (κ1) is 26.6. The molecule has 0 unspecified atom stereocenters. The molecule has 0 atom stereocenters. The van der Waals surface area contributed by atoms with Crippen molar-refractivity contribution in [3.8, 4) is 39.6 Å². The Morgan fingerprint density at radius 1 is 0.532 bits per heavy atom. The number of aromatic nitrogens is 3. The smallest absolute Gasteiger partial charge is 0.160 e. The average molecular weight is 620 g/mol. The van der Waals surface area contributed by atoms with Crippen LogP contribution in [0.3, 0.4) is 0 Å². The molecule has 1 aliphatic carbocycles. The molecule has 0 saturated heterocycles. The molecule has 0 fully saturated rings. The van der Waals surface area contributed by atoms with Crippen LogP contribution in [-0.4, -0.2) is 14.5 Å². The van der Waals surface area contributed by atoms with Gasteiger partial charge in [-0.2, -0.15) is 0 Å². The number of nitrogens with zero attached hydrogens (tertiary/aromatic N) is 3. The molecule has 47 heavy (non-hydrogen) atoms. The fraction of sp³-hybridized carbons (Fsp3) is 0.0698. The Morgan fingerprint density at radius 2 is 1.17 bits per heavy atom. The molecule has 3 aromatic heterocycles. The molecule has 0 bridgehead atoms. The fourth-order valence-electron chi connectivity index (χ4n) is 7.79. The molecule has 0 saturated carbocycles. The maximum Gasteiger partial charge on any atom is 0.160 e. The summed E-state index contributed by atoms with van der Waals surface area (Å²) in [7, 11) is 0. The highest BCUT2D eigenvalue weighted by molar-refractivity contribution is 7.25. The van der Waals surface area contributed by atoms with Crippen LogP contribution < -0.4 is 0 Å². The van der Waals surface area contributed by atoms with E-state index in [9.17, 15) is 0 Å². The molecule has 9 aromatic rings. The van der Waals surface area contributed by atoms with Gasteiger partial charge in [0, 0.05) is 64.3 Å². The lowest BCUT2D eigenvalue weighted by Crippen LogP contribution is -2.17. The Labute approximate surface area is 276 Å². The average Bonchev–Trinajstić information content (AvgIpc) is 3.73. The molecular formula is C43H29N3S. The summed E-state index contributed by atoms with van der Waals surface area (Å²) in [4.78, 5) is 10.8. The van der Waals surface area contributed by atoms with Crippen molar-refractivity contribution in [3.63, 3.8) is 0 Å². The van der Waals surface area contributed by atoms with Crippen LogP contribution in [0.25, 0.3) is 81.6 Å². The first-order valence-corrected chi connectivity index (χ1v) is 16.9. The minimum absolute atomic E-state index is 0.260.